The number of hydrogen-bond acceptors (Lipinski definition) is 6. The van der Waals surface area contributed by atoms with Gasteiger partial charge in [-0.1, -0.05) is 0 Å². The number of nitrogens with zero attached hydrogens (tertiary/aromatic N) is 4. The van der Waals surface area contributed by atoms with Gasteiger partial charge in [-0.2, -0.15) is 5.26 Å². The fraction of sp³-hybridized carbons (Fsp3) is 0.407. The lowest BCUT2D eigenvalue weighted by molar-refractivity contribution is -0.117. The summed E-state index contributed by atoms with van der Waals surface area (Å²) in [5, 5.41) is 15.3. The second kappa shape index (κ2) is 10.4. The van der Waals surface area contributed by atoms with Crippen LogP contribution in [0.15, 0.2) is 42.5 Å². The third kappa shape index (κ3) is 5.19. The maximum absolute atomic E-state index is 13.1. The summed E-state index contributed by atoms with van der Waals surface area (Å²) in [7, 11) is 0. The van der Waals surface area contributed by atoms with E-state index in [0.29, 0.717) is 61.6 Å². The summed E-state index contributed by atoms with van der Waals surface area (Å²) >= 11 is 0. The minimum Gasteiger partial charge on any atom is -0.366 e. The minimum atomic E-state index is -0.0571. The smallest absolute Gasteiger partial charge is 0.254 e. The van der Waals surface area contributed by atoms with Crippen molar-refractivity contribution < 1.29 is 14.4 Å². The van der Waals surface area contributed by atoms with Gasteiger partial charge in [-0.3, -0.25) is 14.4 Å². The van der Waals surface area contributed by atoms with E-state index in [4.69, 9.17) is 5.26 Å². The van der Waals surface area contributed by atoms with Gasteiger partial charge in [0.1, 0.15) is 0 Å². The zero-order valence-electron chi connectivity index (χ0n) is 20.2. The Kier molecular flexibility index (Phi) is 6.87. The molecule has 0 spiro atoms. The first-order chi connectivity index (χ1) is 17.5. The molecule has 2 aliphatic heterocycles. The van der Waals surface area contributed by atoms with Gasteiger partial charge < -0.3 is 25.3 Å². The molecule has 0 aromatic heterocycles. The highest BCUT2D eigenvalue weighted by molar-refractivity contribution is 6.01. The Morgan fingerprint density at radius 2 is 1.44 bits per heavy atom. The van der Waals surface area contributed by atoms with Crippen molar-refractivity contribution in [2.75, 3.05) is 62.6 Å². The van der Waals surface area contributed by atoms with Crippen LogP contribution in [0.5, 0.6) is 0 Å². The first-order valence-electron chi connectivity index (χ1n) is 12.5. The van der Waals surface area contributed by atoms with Crippen molar-refractivity contribution >= 4 is 29.1 Å². The van der Waals surface area contributed by atoms with Crippen LogP contribution in [-0.2, 0) is 4.79 Å². The molecule has 9 heteroatoms. The Hall–Kier alpha value is -3.90. The van der Waals surface area contributed by atoms with Gasteiger partial charge in [-0.15, -0.1) is 0 Å². The molecule has 3 amide bonds. The molecular weight excluding hydrogens is 456 g/mol. The molecule has 1 aliphatic carbocycles. The standard InChI is InChI=1S/C27H30N6O3/c28-18-19-1-3-21(4-2-19)26(35)33-15-13-31(14-16-33)24-8-7-22(27(36)32-11-9-29-10-12-32)17-23(24)30-25(34)20-5-6-20/h1-4,7-8,17,20,29H,5-6,9-16H2,(H,30,34). The van der Waals surface area contributed by atoms with Crippen molar-refractivity contribution in [1.29, 1.82) is 5.26 Å². The predicted octanol–water partition coefficient (Wildman–Crippen LogP) is 1.91. The lowest BCUT2D eigenvalue weighted by Gasteiger charge is -2.37. The van der Waals surface area contributed by atoms with Crippen LogP contribution in [0.2, 0.25) is 0 Å². The second-order valence-electron chi connectivity index (χ2n) is 9.51. The lowest BCUT2D eigenvalue weighted by atomic mass is 10.1. The first-order valence-corrected chi connectivity index (χ1v) is 12.5. The molecule has 5 rings (SSSR count). The first kappa shape index (κ1) is 23.8. The molecule has 186 valence electrons. The van der Waals surface area contributed by atoms with Crippen LogP contribution in [0.3, 0.4) is 0 Å². The lowest BCUT2D eigenvalue weighted by Crippen LogP contribution is -2.49. The molecule has 0 atom stereocenters. The molecule has 2 N–H and O–H groups in total. The van der Waals surface area contributed by atoms with Crippen molar-refractivity contribution in [2.24, 2.45) is 5.92 Å². The summed E-state index contributed by atoms with van der Waals surface area (Å²) in [4.78, 5) is 44.4. The highest BCUT2D eigenvalue weighted by atomic mass is 16.2. The van der Waals surface area contributed by atoms with E-state index in [1.807, 2.05) is 21.9 Å². The van der Waals surface area contributed by atoms with Gasteiger partial charge in [-0.05, 0) is 55.3 Å². The van der Waals surface area contributed by atoms with E-state index in [9.17, 15) is 14.4 Å². The Balaban J connectivity index is 1.30. The Bertz CT molecular complexity index is 1190. The highest BCUT2D eigenvalue weighted by Crippen LogP contribution is 2.34. The molecule has 9 nitrogen and oxygen atoms in total. The van der Waals surface area contributed by atoms with Crippen LogP contribution in [0.25, 0.3) is 0 Å². The summed E-state index contributed by atoms with van der Waals surface area (Å²) in [6, 6.07) is 14.3. The van der Waals surface area contributed by atoms with Crippen LogP contribution in [-0.4, -0.2) is 79.9 Å². The van der Waals surface area contributed by atoms with Crippen molar-refractivity contribution in [3.05, 3.63) is 59.2 Å². The molecule has 0 unspecified atom stereocenters. The van der Waals surface area contributed by atoms with Gasteiger partial charge in [0, 0.05) is 69.4 Å². The Morgan fingerprint density at radius 1 is 0.833 bits per heavy atom. The Labute approximate surface area is 210 Å². The molecule has 0 radical (unpaired) electrons. The predicted molar refractivity (Wildman–Crippen MR) is 136 cm³/mol. The number of nitrogens with one attached hydrogen (secondary N) is 2. The van der Waals surface area contributed by atoms with Crippen LogP contribution in [0, 0.1) is 17.2 Å². The molecule has 2 aromatic carbocycles. The fourth-order valence-electron chi connectivity index (χ4n) is 4.70. The topological polar surface area (TPSA) is 109 Å². The van der Waals surface area contributed by atoms with Crippen LogP contribution in [0.4, 0.5) is 11.4 Å². The van der Waals surface area contributed by atoms with Gasteiger partial charge in [0.25, 0.3) is 11.8 Å². The van der Waals surface area contributed by atoms with E-state index in [1.165, 1.54) is 0 Å². The minimum absolute atomic E-state index is 0.00217. The van der Waals surface area contributed by atoms with Gasteiger partial charge in [0.15, 0.2) is 0 Å². The summed E-state index contributed by atoms with van der Waals surface area (Å²) < 4.78 is 0. The summed E-state index contributed by atoms with van der Waals surface area (Å²) in [5.41, 5.74) is 3.18. The number of rotatable bonds is 5. The van der Waals surface area contributed by atoms with E-state index < -0.39 is 0 Å². The van der Waals surface area contributed by atoms with Gasteiger partial charge in [0.05, 0.1) is 23.0 Å². The molecule has 36 heavy (non-hydrogen) atoms. The Morgan fingerprint density at radius 3 is 2.08 bits per heavy atom. The number of benzene rings is 2. The normalized spacial score (nSPS) is 17.9. The molecule has 2 saturated heterocycles. The third-order valence-electron chi connectivity index (χ3n) is 7.02. The number of anilines is 2. The number of nitriles is 1. The molecule has 1 saturated carbocycles. The van der Waals surface area contributed by atoms with Crippen LogP contribution >= 0.6 is 0 Å². The maximum Gasteiger partial charge on any atom is 0.254 e. The van der Waals surface area contributed by atoms with Crippen LogP contribution in [0.1, 0.15) is 39.1 Å². The number of hydrogen-bond donors (Lipinski definition) is 2. The second-order valence-corrected chi connectivity index (χ2v) is 9.51. The molecule has 3 fully saturated rings. The molecule has 2 heterocycles. The van der Waals surface area contributed by atoms with Crippen molar-refractivity contribution in [2.45, 2.75) is 12.8 Å². The van der Waals surface area contributed by atoms with Gasteiger partial charge >= 0.3 is 0 Å². The van der Waals surface area contributed by atoms with E-state index in [-0.39, 0.29) is 23.6 Å². The number of carbonyl (C=O) groups is 3. The van der Waals surface area contributed by atoms with Gasteiger partial charge in [0.2, 0.25) is 5.91 Å². The molecule has 2 aromatic rings. The maximum atomic E-state index is 13.1. The van der Waals surface area contributed by atoms with Crippen molar-refractivity contribution in [1.82, 2.24) is 15.1 Å². The van der Waals surface area contributed by atoms with E-state index in [0.717, 1.165) is 31.6 Å². The van der Waals surface area contributed by atoms with Crippen molar-refractivity contribution in [3.63, 3.8) is 0 Å². The van der Waals surface area contributed by atoms with Gasteiger partial charge in [-0.25, -0.2) is 0 Å². The molecule has 0 bridgehead atoms. The zero-order chi connectivity index (χ0) is 25.1. The number of piperazine rings is 2. The fourth-order valence-corrected chi connectivity index (χ4v) is 4.70. The average Bonchev–Trinajstić information content (AvgIpc) is 3.79. The van der Waals surface area contributed by atoms with E-state index >= 15 is 0 Å². The summed E-state index contributed by atoms with van der Waals surface area (Å²) in [6.45, 7) is 5.19. The quantitative estimate of drug-likeness (QED) is 0.669. The molecule has 3 aliphatic rings. The van der Waals surface area contributed by atoms with Crippen LogP contribution < -0.4 is 15.5 Å². The number of carbonyl (C=O) groups excluding carboxylic acids is 3. The summed E-state index contributed by atoms with van der Waals surface area (Å²) in [6.07, 6.45) is 1.80. The average molecular weight is 487 g/mol. The number of amides is 3. The zero-order valence-corrected chi connectivity index (χ0v) is 20.2. The summed E-state index contributed by atoms with van der Waals surface area (Å²) in [5.74, 6) is -0.0360. The molecular formula is C27H30N6O3. The third-order valence-corrected chi connectivity index (χ3v) is 7.02. The SMILES string of the molecule is N#Cc1ccc(C(=O)N2CCN(c3ccc(C(=O)N4CCNCC4)cc3NC(=O)C3CC3)CC2)cc1. The van der Waals surface area contributed by atoms with E-state index in [1.54, 1.807) is 30.3 Å². The highest BCUT2D eigenvalue weighted by Gasteiger charge is 2.31. The van der Waals surface area contributed by atoms with Crippen molar-refractivity contribution in [3.8, 4) is 6.07 Å². The largest absolute Gasteiger partial charge is 0.366 e. The monoisotopic (exact) mass is 486 g/mol. The van der Waals surface area contributed by atoms with E-state index in [2.05, 4.69) is 21.6 Å².